The van der Waals surface area contributed by atoms with E-state index >= 15 is 0 Å². The van der Waals surface area contributed by atoms with Crippen molar-refractivity contribution in [3.8, 4) is 23.5 Å². The number of thioether (sulfide) groups is 1. The molecule has 0 N–H and O–H groups in total. The van der Waals surface area contributed by atoms with E-state index < -0.39 is 0 Å². The minimum absolute atomic E-state index is 0.111. The lowest BCUT2D eigenvalue weighted by Gasteiger charge is -2.19. The number of rotatable bonds is 8. The number of carbonyl (C=O) groups excluding carboxylic acids is 1. The number of aromatic nitrogens is 3. The fourth-order valence-electron chi connectivity index (χ4n) is 2.23. The summed E-state index contributed by atoms with van der Waals surface area (Å²) in [6.45, 7) is 0.678. The van der Waals surface area contributed by atoms with Gasteiger partial charge in [-0.15, -0.1) is 10.2 Å². The third kappa shape index (κ3) is 5.07. The predicted octanol–water partition coefficient (Wildman–Crippen LogP) is 2.23. The van der Waals surface area contributed by atoms with Crippen LogP contribution >= 0.6 is 11.8 Å². The van der Waals surface area contributed by atoms with Gasteiger partial charge >= 0.3 is 0 Å². The molecule has 8 heteroatoms. The third-order valence-corrected chi connectivity index (χ3v) is 4.54. The molecular weight excluding hydrogens is 336 g/mol. The summed E-state index contributed by atoms with van der Waals surface area (Å²) < 4.78 is 1.85. The fraction of sp³-hybridized carbons (Fsp3) is 0.353. The molecule has 25 heavy (non-hydrogen) atoms. The quantitative estimate of drug-likeness (QED) is 0.674. The monoisotopic (exact) mass is 354 g/mol. The van der Waals surface area contributed by atoms with E-state index in [1.807, 2.05) is 54.1 Å². The molecule has 0 radical (unpaired) electrons. The molecule has 0 unspecified atom stereocenters. The van der Waals surface area contributed by atoms with Gasteiger partial charge in [0.25, 0.3) is 0 Å². The maximum Gasteiger partial charge on any atom is 0.233 e. The molecule has 0 saturated carbocycles. The van der Waals surface area contributed by atoms with E-state index in [0.29, 0.717) is 18.2 Å². The second-order valence-corrected chi connectivity index (χ2v) is 6.16. The van der Waals surface area contributed by atoms with E-state index in [4.69, 9.17) is 10.5 Å². The Hall–Kier alpha value is -2.84. The van der Waals surface area contributed by atoms with Crippen molar-refractivity contribution in [2.24, 2.45) is 7.05 Å². The summed E-state index contributed by atoms with van der Waals surface area (Å²) in [7, 11) is 1.86. The van der Waals surface area contributed by atoms with Crippen molar-refractivity contribution in [3.63, 3.8) is 0 Å². The number of amides is 1. The molecule has 1 amide bonds. The summed E-state index contributed by atoms with van der Waals surface area (Å²) in [6.07, 6.45) is 0.508. The number of benzene rings is 1. The normalized spacial score (nSPS) is 10.0. The molecule has 0 spiro atoms. The standard InChI is InChI=1S/C17H18N6OS/c1-22-16(14-7-3-2-4-8-14)20-21-17(22)25-13-15(24)23(11-5-9-18)12-6-10-19/h2-4,7-8H,5-6,11-13H2,1H3. The summed E-state index contributed by atoms with van der Waals surface area (Å²) in [5.74, 6) is 0.818. The third-order valence-electron chi connectivity index (χ3n) is 3.53. The van der Waals surface area contributed by atoms with Gasteiger partial charge in [-0.3, -0.25) is 4.79 Å². The second kappa shape index (κ2) is 9.45. The Balaban J connectivity index is 2.00. The number of hydrogen-bond acceptors (Lipinski definition) is 6. The van der Waals surface area contributed by atoms with E-state index in [-0.39, 0.29) is 24.5 Å². The van der Waals surface area contributed by atoms with Crippen molar-refractivity contribution in [2.75, 3.05) is 18.8 Å². The van der Waals surface area contributed by atoms with Crippen LogP contribution in [0.15, 0.2) is 35.5 Å². The van der Waals surface area contributed by atoms with Crippen molar-refractivity contribution in [1.29, 1.82) is 10.5 Å². The van der Waals surface area contributed by atoms with E-state index in [0.717, 1.165) is 11.4 Å². The molecule has 1 heterocycles. The van der Waals surface area contributed by atoms with Crippen LogP contribution < -0.4 is 0 Å². The van der Waals surface area contributed by atoms with Gasteiger partial charge in [0.1, 0.15) is 0 Å². The molecule has 0 fully saturated rings. The molecule has 0 atom stereocenters. The van der Waals surface area contributed by atoms with Crippen molar-refractivity contribution in [3.05, 3.63) is 30.3 Å². The molecule has 0 aliphatic rings. The Morgan fingerprint density at radius 2 is 1.80 bits per heavy atom. The molecule has 128 valence electrons. The minimum Gasteiger partial charge on any atom is -0.340 e. The van der Waals surface area contributed by atoms with Crippen LogP contribution in [-0.4, -0.2) is 44.4 Å². The van der Waals surface area contributed by atoms with Gasteiger partial charge < -0.3 is 9.47 Å². The van der Waals surface area contributed by atoms with Crippen LogP contribution in [0, 0.1) is 22.7 Å². The highest BCUT2D eigenvalue weighted by Crippen LogP contribution is 2.22. The Morgan fingerprint density at radius 1 is 1.16 bits per heavy atom. The average molecular weight is 354 g/mol. The van der Waals surface area contributed by atoms with Crippen molar-refractivity contribution < 1.29 is 4.79 Å². The summed E-state index contributed by atoms with van der Waals surface area (Å²) in [5, 5.41) is 26.4. The highest BCUT2D eigenvalue weighted by atomic mass is 32.2. The molecule has 1 aromatic heterocycles. The Morgan fingerprint density at radius 3 is 2.40 bits per heavy atom. The van der Waals surface area contributed by atoms with Crippen LogP contribution in [0.2, 0.25) is 0 Å². The molecular formula is C17H18N6OS. The van der Waals surface area contributed by atoms with Crippen LogP contribution in [0.5, 0.6) is 0 Å². The molecule has 2 rings (SSSR count). The van der Waals surface area contributed by atoms with Crippen LogP contribution in [0.3, 0.4) is 0 Å². The summed E-state index contributed by atoms with van der Waals surface area (Å²) in [5.41, 5.74) is 0.959. The highest BCUT2D eigenvalue weighted by molar-refractivity contribution is 7.99. The average Bonchev–Trinajstić information content (AvgIpc) is 3.01. The highest BCUT2D eigenvalue weighted by Gasteiger charge is 2.16. The fourth-order valence-corrected chi connectivity index (χ4v) is 3.04. The van der Waals surface area contributed by atoms with Gasteiger partial charge in [-0.2, -0.15) is 10.5 Å². The Labute approximate surface area is 150 Å². The number of hydrogen-bond donors (Lipinski definition) is 0. The number of nitrogens with zero attached hydrogens (tertiary/aromatic N) is 6. The van der Waals surface area contributed by atoms with Crippen LogP contribution in [0.4, 0.5) is 0 Å². The van der Waals surface area contributed by atoms with Crippen molar-refractivity contribution in [2.45, 2.75) is 18.0 Å². The van der Waals surface area contributed by atoms with E-state index in [2.05, 4.69) is 10.2 Å². The first-order chi connectivity index (χ1) is 12.2. The van der Waals surface area contributed by atoms with Crippen molar-refractivity contribution in [1.82, 2.24) is 19.7 Å². The van der Waals surface area contributed by atoms with Gasteiger partial charge in [0.15, 0.2) is 11.0 Å². The van der Waals surface area contributed by atoms with E-state index in [1.165, 1.54) is 11.8 Å². The first-order valence-corrected chi connectivity index (χ1v) is 8.75. The Kier molecular flexibility index (Phi) is 7.00. The zero-order valence-electron chi connectivity index (χ0n) is 13.9. The molecule has 0 saturated heterocycles. The Bertz CT molecular complexity index is 772. The maximum atomic E-state index is 12.3. The number of carbonyl (C=O) groups is 1. The second-order valence-electron chi connectivity index (χ2n) is 5.22. The van der Waals surface area contributed by atoms with E-state index in [9.17, 15) is 4.79 Å². The molecule has 2 aromatic rings. The van der Waals surface area contributed by atoms with E-state index in [1.54, 1.807) is 4.90 Å². The lowest BCUT2D eigenvalue weighted by Crippen LogP contribution is -2.34. The lowest BCUT2D eigenvalue weighted by molar-refractivity contribution is -0.128. The first-order valence-electron chi connectivity index (χ1n) is 7.76. The van der Waals surface area contributed by atoms with Gasteiger partial charge in [0.05, 0.1) is 30.7 Å². The lowest BCUT2D eigenvalue weighted by atomic mass is 10.2. The molecule has 0 bridgehead atoms. The van der Waals surface area contributed by atoms with Crippen LogP contribution in [0.1, 0.15) is 12.8 Å². The zero-order chi connectivity index (χ0) is 18.1. The summed E-state index contributed by atoms with van der Waals surface area (Å²) in [4.78, 5) is 13.9. The van der Waals surface area contributed by atoms with Crippen molar-refractivity contribution >= 4 is 17.7 Å². The summed E-state index contributed by atoms with van der Waals surface area (Å²) >= 11 is 1.30. The van der Waals surface area contributed by atoms with Gasteiger partial charge in [0.2, 0.25) is 5.91 Å². The van der Waals surface area contributed by atoms with Gasteiger partial charge in [-0.1, -0.05) is 42.1 Å². The largest absolute Gasteiger partial charge is 0.340 e. The SMILES string of the molecule is Cn1c(SCC(=O)N(CCC#N)CCC#N)nnc1-c1ccccc1. The molecule has 7 nitrogen and oxygen atoms in total. The zero-order valence-corrected chi connectivity index (χ0v) is 14.7. The maximum absolute atomic E-state index is 12.3. The van der Waals surface area contributed by atoms with Crippen LogP contribution in [-0.2, 0) is 11.8 Å². The first kappa shape index (κ1) is 18.5. The molecule has 1 aromatic carbocycles. The molecule has 0 aliphatic carbocycles. The van der Waals surface area contributed by atoms with Gasteiger partial charge in [-0.25, -0.2) is 0 Å². The topological polar surface area (TPSA) is 98.6 Å². The van der Waals surface area contributed by atoms with Gasteiger partial charge in [-0.05, 0) is 0 Å². The van der Waals surface area contributed by atoms with Crippen LogP contribution in [0.25, 0.3) is 11.4 Å². The summed E-state index contributed by atoms with van der Waals surface area (Å²) in [6, 6.07) is 13.8. The minimum atomic E-state index is -0.111. The number of nitriles is 2. The van der Waals surface area contributed by atoms with Gasteiger partial charge in [0, 0.05) is 25.7 Å². The predicted molar refractivity (Wildman–Crippen MR) is 94.2 cm³/mol. The molecule has 0 aliphatic heterocycles. The smallest absolute Gasteiger partial charge is 0.233 e.